The first-order valence-electron chi connectivity index (χ1n) is 12.2. The summed E-state index contributed by atoms with van der Waals surface area (Å²) >= 11 is 0. The van der Waals surface area contributed by atoms with Crippen LogP contribution < -0.4 is 10.1 Å². The summed E-state index contributed by atoms with van der Waals surface area (Å²) in [6.07, 6.45) is 11.3. The molecule has 6 heteroatoms. The van der Waals surface area contributed by atoms with Gasteiger partial charge in [-0.15, -0.1) is 0 Å². The van der Waals surface area contributed by atoms with Crippen molar-refractivity contribution in [2.24, 2.45) is 23.2 Å². The number of nitrogens with one attached hydrogen (secondary N) is 1. The number of hydrogen-bond donors (Lipinski definition) is 1. The van der Waals surface area contributed by atoms with Crippen LogP contribution in [0.25, 0.3) is 0 Å². The van der Waals surface area contributed by atoms with E-state index in [-0.39, 0.29) is 5.82 Å². The van der Waals surface area contributed by atoms with Gasteiger partial charge in [-0.3, -0.25) is 4.90 Å². The number of hydrogen-bond acceptors (Lipinski definition) is 5. The first kappa shape index (κ1) is 20.4. The second kappa shape index (κ2) is 7.98. The summed E-state index contributed by atoms with van der Waals surface area (Å²) in [7, 11) is 1.51. The van der Waals surface area contributed by atoms with Gasteiger partial charge in [-0.05, 0) is 85.8 Å². The number of aromatic nitrogens is 2. The van der Waals surface area contributed by atoms with Crippen LogP contribution in [0.2, 0.25) is 0 Å². The molecule has 4 fully saturated rings. The molecule has 4 saturated carbocycles. The highest BCUT2D eigenvalue weighted by atomic mass is 19.1. The summed E-state index contributed by atoms with van der Waals surface area (Å²) in [6, 6.07) is 5.12. The molecule has 32 heavy (non-hydrogen) atoms. The molecule has 170 valence electrons. The average Bonchev–Trinajstić information content (AvgIpc) is 2.78. The number of fused-ring (bicyclic) bond motifs is 1. The Hall–Kier alpha value is -2.21. The molecule has 0 saturated heterocycles. The molecule has 0 amide bonds. The fourth-order valence-electron chi connectivity index (χ4n) is 7.53. The lowest BCUT2D eigenvalue weighted by molar-refractivity contribution is -0.0444. The van der Waals surface area contributed by atoms with Crippen molar-refractivity contribution < 1.29 is 9.13 Å². The van der Waals surface area contributed by atoms with Gasteiger partial charge in [0.1, 0.15) is 12.1 Å². The standard InChI is InChI=1S/C26H33FN4O/c1-32-24-9-17(2-3-22(24)27)13-31-5-4-21-23(14-31)29-16-30-25(21)28-15-26-10-18-6-19(11-26)8-20(7-18)12-26/h2-3,9,16,18-20H,4-8,10-15H2,1H3,(H,28,29,30). The predicted octanol–water partition coefficient (Wildman–Crippen LogP) is 4.81. The molecule has 1 aromatic carbocycles. The SMILES string of the molecule is COc1cc(CN2CCc3c(ncnc3NCC34CC5CC(CC(C5)C3)C4)C2)ccc1F. The highest BCUT2D eigenvalue weighted by Crippen LogP contribution is 2.59. The third-order valence-corrected chi connectivity index (χ3v) is 8.50. The average molecular weight is 437 g/mol. The molecule has 5 aliphatic rings. The minimum absolute atomic E-state index is 0.304. The van der Waals surface area contributed by atoms with Crippen molar-refractivity contribution in [1.29, 1.82) is 0 Å². The van der Waals surface area contributed by atoms with Crippen molar-refractivity contribution in [3.8, 4) is 5.75 Å². The smallest absolute Gasteiger partial charge is 0.165 e. The summed E-state index contributed by atoms with van der Waals surface area (Å²) < 4.78 is 18.9. The van der Waals surface area contributed by atoms with Crippen molar-refractivity contribution in [3.05, 3.63) is 47.2 Å². The number of methoxy groups -OCH3 is 1. The van der Waals surface area contributed by atoms with Crippen LogP contribution >= 0.6 is 0 Å². The maximum Gasteiger partial charge on any atom is 0.165 e. The summed E-state index contributed by atoms with van der Waals surface area (Å²) in [4.78, 5) is 11.6. The first-order chi connectivity index (χ1) is 15.6. The van der Waals surface area contributed by atoms with E-state index < -0.39 is 0 Å². The largest absolute Gasteiger partial charge is 0.494 e. The lowest BCUT2D eigenvalue weighted by Gasteiger charge is -2.57. The topological polar surface area (TPSA) is 50.3 Å². The molecule has 0 atom stereocenters. The monoisotopic (exact) mass is 436 g/mol. The maximum absolute atomic E-state index is 13.7. The molecule has 4 aliphatic carbocycles. The van der Waals surface area contributed by atoms with E-state index in [9.17, 15) is 4.39 Å². The summed E-state index contributed by atoms with van der Waals surface area (Å²) in [5, 5.41) is 3.79. The lowest BCUT2D eigenvalue weighted by atomic mass is 9.49. The zero-order valence-corrected chi connectivity index (χ0v) is 18.9. The number of nitrogens with zero attached hydrogens (tertiary/aromatic N) is 3. The molecule has 5 nitrogen and oxygen atoms in total. The summed E-state index contributed by atoms with van der Waals surface area (Å²) in [5.74, 6) is 3.96. The van der Waals surface area contributed by atoms with Gasteiger partial charge in [-0.1, -0.05) is 6.07 Å². The highest BCUT2D eigenvalue weighted by Gasteiger charge is 2.50. The molecule has 0 spiro atoms. The molecule has 4 bridgehead atoms. The quantitative estimate of drug-likeness (QED) is 0.704. The van der Waals surface area contributed by atoms with E-state index in [4.69, 9.17) is 4.74 Å². The number of benzene rings is 1. The van der Waals surface area contributed by atoms with E-state index >= 15 is 0 Å². The predicted molar refractivity (Wildman–Crippen MR) is 122 cm³/mol. The first-order valence-corrected chi connectivity index (χ1v) is 12.2. The van der Waals surface area contributed by atoms with E-state index in [1.165, 1.54) is 57.3 Å². The van der Waals surface area contributed by atoms with Gasteiger partial charge in [0.05, 0.1) is 12.8 Å². The zero-order valence-electron chi connectivity index (χ0n) is 18.9. The Labute approximate surface area is 189 Å². The number of anilines is 1. The third-order valence-electron chi connectivity index (χ3n) is 8.50. The van der Waals surface area contributed by atoms with Gasteiger partial charge in [-0.2, -0.15) is 0 Å². The van der Waals surface area contributed by atoms with Gasteiger partial charge >= 0.3 is 0 Å². The zero-order chi connectivity index (χ0) is 21.7. The van der Waals surface area contributed by atoms with E-state index in [1.54, 1.807) is 12.4 Å². The van der Waals surface area contributed by atoms with Crippen LogP contribution in [0.4, 0.5) is 10.2 Å². The Kier molecular flexibility index (Phi) is 5.09. The van der Waals surface area contributed by atoms with Crippen molar-refractivity contribution in [2.75, 3.05) is 25.5 Å². The van der Waals surface area contributed by atoms with Crippen LogP contribution in [0.1, 0.15) is 55.3 Å². The van der Waals surface area contributed by atoms with Crippen LogP contribution in [-0.2, 0) is 19.5 Å². The molecular weight excluding hydrogens is 403 g/mol. The summed E-state index contributed by atoms with van der Waals surface area (Å²) in [5.41, 5.74) is 3.95. The minimum atomic E-state index is -0.317. The Morgan fingerprint density at radius 3 is 2.59 bits per heavy atom. The van der Waals surface area contributed by atoms with Crippen molar-refractivity contribution in [2.45, 2.75) is 58.0 Å². The molecule has 2 heterocycles. The maximum atomic E-state index is 13.7. The molecule has 0 unspecified atom stereocenters. The Morgan fingerprint density at radius 2 is 1.88 bits per heavy atom. The molecule has 0 radical (unpaired) electrons. The lowest BCUT2D eigenvalue weighted by Crippen LogP contribution is -2.49. The fraction of sp³-hybridized carbons (Fsp3) is 0.615. The summed E-state index contributed by atoms with van der Waals surface area (Å²) in [6.45, 7) is 3.57. The van der Waals surface area contributed by atoms with E-state index in [1.807, 2.05) is 6.07 Å². The number of halogens is 1. The van der Waals surface area contributed by atoms with Gasteiger partial charge in [0.15, 0.2) is 11.6 Å². The molecule has 1 N–H and O–H groups in total. The van der Waals surface area contributed by atoms with Crippen molar-refractivity contribution in [1.82, 2.24) is 14.9 Å². The highest BCUT2D eigenvalue weighted by molar-refractivity contribution is 5.47. The number of ether oxygens (including phenoxy) is 1. The van der Waals surface area contributed by atoms with Crippen molar-refractivity contribution >= 4 is 5.82 Å². The number of rotatable bonds is 6. The van der Waals surface area contributed by atoms with Gasteiger partial charge < -0.3 is 10.1 Å². The van der Waals surface area contributed by atoms with Crippen LogP contribution in [0.5, 0.6) is 5.75 Å². The Morgan fingerprint density at radius 1 is 1.12 bits per heavy atom. The van der Waals surface area contributed by atoms with Crippen LogP contribution in [-0.4, -0.2) is 35.1 Å². The van der Waals surface area contributed by atoms with E-state index in [0.717, 1.165) is 67.4 Å². The van der Waals surface area contributed by atoms with Gasteiger partial charge in [0.25, 0.3) is 0 Å². The van der Waals surface area contributed by atoms with Gasteiger partial charge in [-0.25, -0.2) is 14.4 Å². The van der Waals surface area contributed by atoms with Crippen LogP contribution in [0, 0.1) is 29.0 Å². The van der Waals surface area contributed by atoms with Gasteiger partial charge in [0.2, 0.25) is 0 Å². The third kappa shape index (κ3) is 3.76. The Bertz CT molecular complexity index is 974. The molecular formula is C26H33FN4O. The minimum Gasteiger partial charge on any atom is -0.494 e. The molecule has 2 aromatic rings. The molecule has 1 aromatic heterocycles. The molecule has 1 aliphatic heterocycles. The van der Waals surface area contributed by atoms with Crippen molar-refractivity contribution in [3.63, 3.8) is 0 Å². The Balaban J connectivity index is 1.13. The van der Waals surface area contributed by atoms with E-state index in [2.05, 4.69) is 20.2 Å². The molecule has 7 rings (SSSR count). The van der Waals surface area contributed by atoms with Crippen LogP contribution in [0.3, 0.4) is 0 Å². The second-order valence-electron chi connectivity index (χ2n) is 10.8. The van der Waals surface area contributed by atoms with E-state index in [0.29, 0.717) is 11.2 Å². The second-order valence-corrected chi connectivity index (χ2v) is 10.8. The van der Waals surface area contributed by atoms with Gasteiger partial charge in [0, 0.05) is 31.7 Å². The van der Waals surface area contributed by atoms with Crippen LogP contribution in [0.15, 0.2) is 24.5 Å². The fourth-order valence-corrected chi connectivity index (χ4v) is 7.53. The normalized spacial score (nSPS) is 30.9.